The molecule has 0 aromatic heterocycles. The number of aliphatic hydroxyl groups is 1. The minimum Gasteiger partial charge on any atom is -0.483 e. The third-order valence-corrected chi connectivity index (χ3v) is 3.55. The van der Waals surface area contributed by atoms with Gasteiger partial charge in [0.1, 0.15) is 11.6 Å². The van der Waals surface area contributed by atoms with Crippen molar-refractivity contribution in [2.45, 2.75) is 44.7 Å². The predicted octanol–water partition coefficient (Wildman–Crippen LogP) is 2.20. The summed E-state index contributed by atoms with van der Waals surface area (Å²) in [7, 11) is 3.21. The van der Waals surface area contributed by atoms with Gasteiger partial charge in [-0.3, -0.25) is 0 Å². The Morgan fingerprint density at radius 3 is 2.50 bits per heavy atom. The van der Waals surface area contributed by atoms with Gasteiger partial charge in [0.15, 0.2) is 0 Å². The number of nitrogens with zero attached hydrogens (tertiary/aromatic N) is 2. The van der Waals surface area contributed by atoms with E-state index in [1.807, 2.05) is 6.08 Å². The second-order valence-electron chi connectivity index (χ2n) is 5.31. The molecule has 0 spiro atoms. The van der Waals surface area contributed by atoms with E-state index in [1.54, 1.807) is 14.2 Å². The number of allylic oxidation sites excluding steroid dienone is 1. The summed E-state index contributed by atoms with van der Waals surface area (Å²) in [6.45, 7) is 7.90. The lowest BCUT2D eigenvalue weighted by molar-refractivity contribution is 0.231. The minimum absolute atomic E-state index is 0.0202. The summed E-state index contributed by atoms with van der Waals surface area (Å²) >= 11 is 0. The number of ether oxygens (including phenoxy) is 2. The molecule has 0 aromatic rings. The van der Waals surface area contributed by atoms with Gasteiger partial charge in [0.2, 0.25) is 11.8 Å². The highest BCUT2D eigenvalue weighted by molar-refractivity contribution is 5.96. The van der Waals surface area contributed by atoms with Gasteiger partial charge < -0.3 is 14.6 Å². The molecule has 0 unspecified atom stereocenters. The van der Waals surface area contributed by atoms with Crippen LogP contribution in [0.4, 0.5) is 0 Å². The van der Waals surface area contributed by atoms with E-state index in [0.717, 1.165) is 6.42 Å². The van der Waals surface area contributed by atoms with Crippen LogP contribution in [-0.2, 0) is 9.47 Å². The summed E-state index contributed by atoms with van der Waals surface area (Å²) in [6, 6.07) is -0.134. The highest BCUT2D eigenvalue weighted by Crippen LogP contribution is 2.31. The largest absolute Gasteiger partial charge is 0.483 e. The van der Waals surface area contributed by atoms with E-state index in [1.165, 1.54) is 0 Å². The molecule has 5 nitrogen and oxygen atoms in total. The zero-order valence-corrected chi connectivity index (χ0v) is 12.9. The molecule has 0 bridgehead atoms. The van der Waals surface area contributed by atoms with E-state index >= 15 is 0 Å². The van der Waals surface area contributed by atoms with Crippen molar-refractivity contribution in [3.8, 4) is 0 Å². The molecule has 0 amide bonds. The summed E-state index contributed by atoms with van der Waals surface area (Å²) < 4.78 is 10.9. The van der Waals surface area contributed by atoms with Gasteiger partial charge in [-0.25, -0.2) is 9.98 Å². The Balaban J connectivity index is 3.21. The summed E-state index contributed by atoms with van der Waals surface area (Å²) in [6.07, 6.45) is 3.77. The van der Waals surface area contributed by atoms with Gasteiger partial charge in [-0.05, 0) is 18.8 Å². The van der Waals surface area contributed by atoms with Crippen molar-refractivity contribution in [3.05, 3.63) is 12.7 Å². The van der Waals surface area contributed by atoms with Gasteiger partial charge in [0.05, 0.1) is 14.2 Å². The molecule has 2 atom stereocenters. The Labute approximate surface area is 121 Å². The second-order valence-corrected chi connectivity index (χ2v) is 5.31. The molecule has 0 saturated heterocycles. The molecule has 0 aliphatic carbocycles. The molecule has 1 aliphatic rings. The normalized spacial score (nSPS) is 26.0. The summed E-state index contributed by atoms with van der Waals surface area (Å²) in [5.74, 6) is 1.46. The van der Waals surface area contributed by atoms with Crippen molar-refractivity contribution in [3.63, 3.8) is 0 Å². The molecule has 0 saturated carbocycles. The minimum atomic E-state index is -0.644. The Morgan fingerprint density at radius 1 is 1.35 bits per heavy atom. The first-order valence-corrected chi connectivity index (χ1v) is 7.02. The zero-order valence-electron chi connectivity index (χ0n) is 12.9. The zero-order chi connectivity index (χ0) is 15.2. The number of hydrogen-bond donors (Lipinski definition) is 1. The van der Waals surface area contributed by atoms with Crippen molar-refractivity contribution in [1.29, 1.82) is 0 Å². The molecule has 1 heterocycles. The highest BCUT2D eigenvalue weighted by Gasteiger charge is 2.42. The Kier molecular flexibility index (Phi) is 6.20. The lowest BCUT2D eigenvalue weighted by Gasteiger charge is -2.35. The first-order valence-electron chi connectivity index (χ1n) is 7.02. The van der Waals surface area contributed by atoms with Crippen LogP contribution >= 0.6 is 0 Å². The molecule has 5 heteroatoms. The highest BCUT2D eigenvalue weighted by atomic mass is 16.5. The van der Waals surface area contributed by atoms with E-state index in [2.05, 4.69) is 25.4 Å². The molecule has 1 N–H and O–H groups in total. The van der Waals surface area contributed by atoms with Crippen molar-refractivity contribution < 1.29 is 14.6 Å². The third kappa shape index (κ3) is 3.39. The first-order chi connectivity index (χ1) is 9.54. The van der Waals surface area contributed by atoms with Crippen LogP contribution in [-0.4, -0.2) is 49.3 Å². The van der Waals surface area contributed by atoms with Crippen LogP contribution in [0.15, 0.2) is 22.6 Å². The lowest BCUT2D eigenvalue weighted by atomic mass is 9.87. The van der Waals surface area contributed by atoms with Crippen molar-refractivity contribution in [2.24, 2.45) is 15.9 Å². The Hall–Kier alpha value is -1.36. The predicted molar refractivity (Wildman–Crippen MR) is 81.4 cm³/mol. The standard InChI is InChI=1S/C15H26N2O3/c1-6-7-8-15(9-10-18)14(20-5)16-12(11(2)3)13(17-15)19-4/h6,11-12,18H,1,7-10H2,2-5H3/t12-,15+/m1/s1. The molecule has 114 valence electrons. The quantitative estimate of drug-likeness (QED) is 0.760. The second kappa shape index (κ2) is 7.43. The monoisotopic (exact) mass is 282 g/mol. The maximum Gasteiger partial charge on any atom is 0.212 e. The van der Waals surface area contributed by atoms with Gasteiger partial charge in [-0.15, -0.1) is 6.58 Å². The van der Waals surface area contributed by atoms with Crippen molar-refractivity contribution >= 4 is 11.8 Å². The third-order valence-electron chi connectivity index (χ3n) is 3.55. The molecule has 0 fully saturated rings. The fourth-order valence-electron chi connectivity index (χ4n) is 2.45. The van der Waals surface area contributed by atoms with E-state index in [9.17, 15) is 5.11 Å². The van der Waals surface area contributed by atoms with E-state index in [-0.39, 0.29) is 18.6 Å². The SMILES string of the molecule is C=CCC[C@@]1(CCO)N=C(OC)[C@@H](C(C)C)N=C1OC. The summed E-state index contributed by atoms with van der Waals surface area (Å²) in [4.78, 5) is 9.42. The molecule has 20 heavy (non-hydrogen) atoms. The fraction of sp³-hybridized carbons (Fsp3) is 0.733. The van der Waals surface area contributed by atoms with Crippen molar-refractivity contribution in [1.82, 2.24) is 0 Å². The van der Waals surface area contributed by atoms with Crippen LogP contribution in [0.5, 0.6) is 0 Å². The molecular formula is C15H26N2O3. The van der Waals surface area contributed by atoms with Gasteiger partial charge in [0.25, 0.3) is 0 Å². The smallest absolute Gasteiger partial charge is 0.212 e. The average molecular weight is 282 g/mol. The average Bonchev–Trinajstić information content (AvgIpc) is 2.44. The Morgan fingerprint density at radius 2 is 2.05 bits per heavy atom. The molecule has 1 rings (SSSR count). The van der Waals surface area contributed by atoms with Gasteiger partial charge in [-0.2, -0.15) is 0 Å². The van der Waals surface area contributed by atoms with E-state index < -0.39 is 5.54 Å². The van der Waals surface area contributed by atoms with Crippen LogP contribution in [0.25, 0.3) is 0 Å². The van der Waals surface area contributed by atoms with Gasteiger partial charge in [-0.1, -0.05) is 19.9 Å². The van der Waals surface area contributed by atoms with Crippen LogP contribution in [0.3, 0.4) is 0 Å². The number of rotatable bonds is 6. The topological polar surface area (TPSA) is 63.4 Å². The van der Waals surface area contributed by atoms with Crippen LogP contribution < -0.4 is 0 Å². The van der Waals surface area contributed by atoms with E-state index in [0.29, 0.717) is 24.6 Å². The molecule has 0 radical (unpaired) electrons. The van der Waals surface area contributed by atoms with E-state index in [4.69, 9.17) is 14.5 Å². The summed E-state index contributed by atoms with van der Waals surface area (Å²) in [5, 5.41) is 9.38. The number of methoxy groups -OCH3 is 2. The lowest BCUT2D eigenvalue weighted by Crippen LogP contribution is -2.47. The maximum absolute atomic E-state index is 9.38. The van der Waals surface area contributed by atoms with Crippen molar-refractivity contribution in [2.75, 3.05) is 20.8 Å². The Bertz CT molecular complexity index is 391. The number of hydrogen-bond acceptors (Lipinski definition) is 5. The maximum atomic E-state index is 9.38. The van der Waals surface area contributed by atoms with Crippen LogP contribution in [0.1, 0.15) is 33.1 Å². The molecule has 0 aromatic carbocycles. The number of aliphatic imine (C=N–C) groups is 2. The molecule has 1 aliphatic heterocycles. The van der Waals surface area contributed by atoms with Crippen LogP contribution in [0, 0.1) is 5.92 Å². The van der Waals surface area contributed by atoms with Crippen LogP contribution in [0.2, 0.25) is 0 Å². The van der Waals surface area contributed by atoms with Gasteiger partial charge >= 0.3 is 0 Å². The first kappa shape index (κ1) is 16.7. The summed E-state index contributed by atoms with van der Waals surface area (Å²) in [5.41, 5.74) is -0.644. The fourth-order valence-corrected chi connectivity index (χ4v) is 2.45. The number of aliphatic hydroxyl groups excluding tert-OH is 1. The van der Waals surface area contributed by atoms with Gasteiger partial charge in [0, 0.05) is 13.0 Å². The molecular weight excluding hydrogens is 256 g/mol.